The van der Waals surface area contributed by atoms with Gasteiger partial charge in [0.15, 0.2) is 6.79 Å². The van der Waals surface area contributed by atoms with E-state index in [0.717, 1.165) is 9.13 Å². The van der Waals surface area contributed by atoms with Gasteiger partial charge in [-0.15, -0.1) is 0 Å². The van der Waals surface area contributed by atoms with Crippen LogP contribution in [0, 0.1) is 9.49 Å². The van der Waals surface area contributed by atoms with E-state index in [0.29, 0.717) is 6.42 Å². The van der Waals surface area contributed by atoms with Gasteiger partial charge in [0.1, 0.15) is 0 Å². The molecule has 1 amide bonds. The maximum Gasteiger partial charge on any atom is 0.409 e. The van der Waals surface area contributed by atoms with Crippen molar-refractivity contribution in [3.8, 4) is 0 Å². The number of rotatable bonds is 7. The second-order valence-corrected chi connectivity index (χ2v) is 6.18. The predicted molar refractivity (Wildman–Crippen MR) is 88.8 cm³/mol. The van der Waals surface area contributed by atoms with E-state index in [4.69, 9.17) is 14.2 Å². The van der Waals surface area contributed by atoms with Crippen LogP contribution in [0.5, 0.6) is 0 Å². The van der Waals surface area contributed by atoms with Crippen LogP contribution in [0.4, 0.5) is 4.79 Å². The molecular formula is C15H22INO4. The molecule has 0 fully saturated rings. The Hall–Kier alpha value is -0.860. The van der Waals surface area contributed by atoms with Gasteiger partial charge in [-0.3, -0.25) is 0 Å². The highest BCUT2D eigenvalue weighted by atomic mass is 127. The lowest BCUT2D eigenvalue weighted by atomic mass is 9.95. The molecule has 21 heavy (non-hydrogen) atoms. The van der Waals surface area contributed by atoms with E-state index in [1.54, 1.807) is 0 Å². The summed E-state index contributed by atoms with van der Waals surface area (Å²) in [5.74, 6) is -0.898. The number of carbonyl (C=O) groups is 1. The van der Waals surface area contributed by atoms with Crippen molar-refractivity contribution in [1.82, 2.24) is 5.32 Å². The maximum absolute atomic E-state index is 11.8. The van der Waals surface area contributed by atoms with Gasteiger partial charge in [-0.1, -0.05) is 32.0 Å². The van der Waals surface area contributed by atoms with Crippen LogP contribution in [0.2, 0.25) is 0 Å². The quantitative estimate of drug-likeness (QED) is 0.556. The van der Waals surface area contributed by atoms with Crippen LogP contribution >= 0.6 is 22.6 Å². The normalized spacial score (nSPS) is 13.8. The summed E-state index contributed by atoms with van der Waals surface area (Å²) in [6, 6.07) is 7.69. The second kappa shape index (κ2) is 8.55. The second-order valence-electron chi connectivity index (χ2n) is 5.02. The molecule has 5 nitrogen and oxygen atoms in total. The van der Waals surface area contributed by atoms with Crippen LogP contribution in [0.3, 0.4) is 0 Å². The lowest BCUT2D eigenvalue weighted by Crippen LogP contribution is -2.40. The number of alkyl carbamates (subject to hydrolysis) is 1. The van der Waals surface area contributed by atoms with Gasteiger partial charge in [0.2, 0.25) is 5.79 Å². The molecule has 6 heteroatoms. The summed E-state index contributed by atoms with van der Waals surface area (Å²) in [5, 5.41) is 2.47. The van der Waals surface area contributed by atoms with Crippen molar-refractivity contribution in [2.75, 3.05) is 21.0 Å². The molecule has 0 radical (unpaired) electrons. The molecule has 0 aliphatic heterocycles. The largest absolute Gasteiger partial charge is 0.412 e. The van der Waals surface area contributed by atoms with Crippen LogP contribution in [0.1, 0.15) is 25.8 Å². The predicted octanol–water partition coefficient (Wildman–Crippen LogP) is 3.47. The van der Waals surface area contributed by atoms with Crippen molar-refractivity contribution in [2.24, 2.45) is 5.92 Å². The van der Waals surface area contributed by atoms with Gasteiger partial charge in [0.05, 0.1) is 0 Å². The van der Waals surface area contributed by atoms with Crippen molar-refractivity contribution in [2.45, 2.75) is 26.1 Å². The summed E-state index contributed by atoms with van der Waals surface area (Å²) in [7, 11) is 3.06. The highest BCUT2D eigenvalue weighted by Crippen LogP contribution is 2.37. The Kier molecular flexibility index (Phi) is 7.41. The molecule has 0 aliphatic rings. The van der Waals surface area contributed by atoms with Crippen LogP contribution < -0.4 is 5.32 Å². The van der Waals surface area contributed by atoms with Crippen molar-refractivity contribution >= 4 is 28.7 Å². The van der Waals surface area contributed by atoms with E-state index in [2.05, 4.69) is 27.9 Å². The Morgan fingerprint density at radius 3 is 2.57 bits per heavy atom. The summed E-state index contributed by atoms with van der Waals surface area (Å²) < 4.78 is 17.4. The van der Waals surface area contributed by atoms with Crippen molar-refractivity contribution in [1.29, 1.82) is 0 Å². The molecule has 0 bridgehead atoms. The standard InChI is InChI=1S/C15H22INO4/c1-11(2)9-15(20-10-19-4,21-14(18)17-3)12-7-5-6-8-13(12)16/h5-8,11H,9-10H2,1-4H3,(H,17,18)/t15-/m0/s1. The van der Waals surface area contributed by atoms with Crippen LogP contribution in [0.15, 0.2) is 24.3 Å². The molecule has 0 saturated carbocycles. The number of hydrogen-bond donors (Lipinski definition) is 1. The Morgan fingerprint density at radius 1 is 1.38 bits per heavy atom. The minimum atomic E-state index is -1.16. The zero-order valence-corrected chi connectivity index (χ0v) is 15.0. The first-order chi connectivity index (χ1) is 9.95. The van der Waals surface area contributed by atoms with Crippen LogP contribution in [-0.2, 0) is 20.0 Å². The Morgan fingerprint density at radius 2 is 2.05 bits per heavy atom. The SMILES string of the molecule is CNC(=O)O[C@](CC(C)C)(OCOC)c1ccccc1I. The van der Waals surface area contributed by atoms with Gasteiger partial charge in [0, 0.05) is 29.7 Å². The van der Waals surface area contributed by atoms with Crippen molar-refractivity contribution in [3.63, 3.8) is 0 Å². The first-order valence-electron chi connectivity index (χ1n) is 6.73. The average Bonchev–Trinajstić information content (AvgIpc) is 2.44. The van der Waals surface area contributed by atoms with Crippen molar-refractivity contribution in [3.05, 3.63) is 33.4 Å². The number of nitrogens with one attached hydrogen (secondary N) is 1. The van der Waals surface area contributed by atoms with Crippen LogP contribution in [-0.4, -0.2) is 27.0 Å². The zero-order valence-electron chi connectivity index (χ0n) is 12.8. The Balaban J connectivity index is 3.27. The molecule has 0 spiro atoms. The van der Waals surface area contributed by atoms with E-state index in [9.17, 15) is 4.79 Å². The van der Waals surface area contributed by atoms with Gasteiger partial charge in [0.25, 0.3) is 0 Å². The molecule has 118 valence electrons. The zero-order chi connectivity index (χ0) is 15.9. The Labute approximate surface area is 139 Å². The summed E-state index contributed by atoms with van der Waals surface area (Å²) in [5.41, 5.74) is 0.819. The number of methoxy groups -OCH3 is 1. The van der Waals surface area contributed by atoms with Gasteiger partial charge < -0.3 is 19.5 Å². The van der Waals surface area contributed by atoms with Gasteiger partial charge in [-0.05, 0) is 34.6 Å². The van der Waals surface area contributed by atoms with Gasteiger partial charge in [-0.2, -0.15) is 0 Å². The lowest BCUT2D eigenvalue weighted by Gasteiger charge is -2.35. The number of halogens is 1. The molecule has 0 unspecified atom stereocenters. The third-order valence-electron chi connectivity index (χ3n) is 2.83. The molecule has 0 aromatic heterocycles. The number of carbonyl (C=O) groups excluding carboxylic acids is 1. The van der Waals surface area contributed by atoms with Gasteiger partial charge in [-0.25, -0.2) is 4.79 Å². The minimum absolute atomic E-state index is 0.0364. The lowest BCUT2D eigenvalue weighted by molar-refractivity contribution is -0.257. The van der Waals surface area contributed by atoms with Crippen LogP contribution in [0.25, 0.3) is 0 Å². The number of ether oxygens (including phenoxy) is 3. The van der Waals surface area contributed by atoms with E-state index in [1.165, 1.54) is 14.2 Å². The van der Waals surface area contributed by atoms with Gasteiger partial charge >= 0.3 is 6.09 Å². The molecule has 0 heterocycles. The monoisotopic (exact) mass is 407 g/mol. The average molecular weight is 407 g/mol. The first-order valence-corrected chi connectivity index (χ1v) is 7.81. The number of hydrogen-bond acceptors (Lipinski definition) is 4. The third kappa shape index (κ3) is 5.12. The highest BCUT2D eigenvalue weighted by Gasteiger charge is 2.40. The maximum atomic E-state index is 11.8. The molecule has 1 atom stereocenters. The molecule has 1 N–H and O–H groups in total. The molecule has 0 aliphatic carbocycles. The molecular weight excluding hydrogens is 385 g/mol. The number of amides is 1. The number of benzene rings is 1. The minimum Gasteiger partial charge on any atom is -0.412 e. The molecule has 1 aromatic carbocycles. The van der Waals surface area contributed by atoms with E-state index in [1.807, 2.05) is 38.1 Å². The topological polar surface area (TPSA) is 56.8 Å². The summed E-state index contributed by atoms with van der Waals surface area (Å²) >= 11 is 2.21. The van der Waals surface area contributed by atoms with E-state index in [-0.39, 0.29) is 12.7 Å². The molecule has 1 aromatic rings. The first kappa shape index (κ1) is 18.2. The fourth-order valence-electron chi connectivity index (χ4n) is 2.04. The van der Waals surface area contributed by atoms with E-state index < -0.39 is 11.9 Å². The fraction of sp³-hybridized carbons (Fsp3) is 0.533. The summed E-state index contributed by atoms with van der Waals surface area (Å²) in [4.78, 5) is 11.8. The molecule has 1 rings (SSSR count). The summed E-state index contributed by atoms with van der Waals surface area (Å²) in [6.45, 7) is 4.14. The third-order valence-corrected chi connectivity index (χ3v) is 3.77. The van der Waals surface area contributed by atoms with E-state index >= 15 is 0 Å². The highest BCUT2D eigenvalue weighted by molar-refractivity contribution is 14.1. The summed E-state index contributed by atoms with van der Waals surface area (Å²) in [6.07, 6.45) is -0.00419. The smallest absolute Gasteiger partial charge is 0.409 e. The Bertz CT molecular complexity index is 467. The van der Waals surface area contributed by atoms with Crippen molar-refractivity contribution < 1.29 is 19.0 Å². The molecule has 0 saturated heterocycles. The fourth-order valence-corrected chi connectivity index (χ4v) is 2.83.